The van der Waals surface area contributed by atoms with E-state index in [0.717, 1.165) is 26.1 Å². The molecule has 11 heteroatoms. The van der Waals surface area contributed by atoms with Gasteiger partial charge in [0.25, 0.3) is 5.91 Å². The molecule has 26 heavy (non-hydrogen) atoms. The van der Waals surface area contributed by atoms with Gasteiger partial charge in [0.2, 0.25) is 0 Å². The Balaban J connectivity index is 1.21. The predicted octanol–water partition coefficient (Wildman–Crippen LogP) is -0.980. The Morgan fingerprint density at radius 3 is 3.00 bits per heavy atom. The number of carbonyl (C=O) groups excluding carboxylic acids is 2. The molecule has 0 aliphatic carbocycles. The van der Waals surface area contributed by atoms with E-state index in [4.69, 9.17) is 9.12 Å². The van der Waals surface area contributed by atoms with Crippen molar-refractivity contribution in [3.8, 4) is 0 Å². The second-order valence-corrected chi connectivity index (χ2v) is 7.48. The first-order valence-electron chi connectivity index (χ1n) is 9.24. The van der Waals surface area contributed by atoms with Crippen LogP contribution in [0.4, 0.5) is 4.79 Å². The molecule has 0 radical (unpaired) electrons. The fraction of sp³-hybridized carbons (Fsp3) is 0.867. The molecule has 4 aliphatic heterocycles. The van der Waals surface area contributed by atoms with Crippen molar-refractivity contribution in [2.45, 2.75) is 49.9 Å². The standard InChI is InChI=1S/C15H26N6O4S/c22-14(13-3-2-11-8-19(13)15(23)21(11)25-26)18-24-9-10-6-12(7-16-10)20-5-1-4-17-20/h10-13,16-17,26H,1-9H2,(H,18,22)/t10-,11?,12+,13?/m1/s1. The second-order valence-electron chi connectivity index (χ2n) is 7.32. The molecule has 4 rings (SSSR count). The van der Waals surface area contributed by atoms with E-state index < -0.39 is 6.04 Å². The molecule has 2 unspecified atom stereocenters. The Hall–Kier alpha value is -1.11. The third-order valence-electron chi connectivity index (χ3n) is 5.70. The molecule has 4 heterocycles. The lowest BCUT2D eigenvalue weighted by molar-refractivity contribution is -0.139. The van der Waals surface area contributed by atoms with Crippen molar-refractivity contribution in [1.82, 2.24) is 31.2 Å². The number of urea groups is 1. The molecular weight excluding hydrogens is 360 g/mol. The SMILES string of the molecule is O=C(NOC[C@H]1C[C@H](N2CCCN2)CN1)C1CCC2CN1C(=O)N2OS. The van der Waals surface area contributed by atoms with Gasteiger partial charge in [0.15, 0.2) is 0 Å². The number of piperidine rings is 1. The van der Waals surface area contributed by atoms with Crippen LogP contribution in [0.15, 0.2) is 0 Å². The average molecular weight is 386 g/mol. The highest BCUT2D eigenvalue weighted by Gasteiger charge is 2.48. The lowest BCUT2D eigenvalue weighted by Crippen LogP contribution is -2.50. The normalized spacial score (nSPS) is 34.7. The molecule has 4 aliphatic rings. The maximum absolute atomic E-state index is 12.4. The fourth-order valence-electron chi connectivity index (χ4n) is 4.32. The molecule has 3 N–H and O–H groups in total. The van der Waals surface area contributed by atoms with E-state index >= 15 is 0 Å². The largest absolute Gasteiger partial charge is 0.345 e. The molecule has 0 aromatic heterocycles. The molecule has 0 saturated carbocycles. The number of rotatable bonds is 6. The molecular formula is C15H26N6O4S. The highest BCUT2D eigenvalue weighted by atomic mass is 32.1. The van der Waals surface area contributed by atoms with Crippen LogP contribution in [0.25, 0.3) is 0 Å². The van der Waals surface area contributed by atoms with Crippen LogP contribution in [0.2, 0.25) is 0 Å². The van der Waals surface area contributed by atoms with E-state index in [0.29, 0.717) is 32.0 Å². The van der Waals surface area contributed by atoms with E-state index in [1.165, 1.54) is 16.4 Å². The summed E-state index contributed by atoms with van der Waals surface area (Å²) in [4.78, 5) is 31.6. The number of hydrogen-bond donors (Lipinski definition) is 4. The zero-order valence-corrected chi connectivity index (χ0v) is 15.5. The van der Waals surface area contributed by atoms with Gasteiger partial charge in [-0.3, -0.25) is 15.1 Å². The van der Waals surface area contributed by atoms with Crippen molar-refractivity contribution in [1.29, 1.82) is 0 Å². The van der Waals surface area contributed by atoms with Crippen molar-refractivity contribution >= 4 is 24.8 Å². The van der Waals surface area contributed by atoms with Crippen LogP contribution in [-0.2, 0) is 13.9 Å². The molecule has 3 amide bonds. The summed E-state index contributed by atoms with van der Waals surface area (Å²) in [5.41, 5.74) is 5.91. The molecule has 146 valence electrons. The summed E-state index contributed by atoms with van der Waals surface area (Å²) >= 11 is 3.72. The van der Waals surface area contributed by atoms with Crippen molar-refractivity contribution in [3.05, 3.63) is 0 Å². The van der Waals surface area contributed by atoms with Crippen LogP contribution < -0.4 is 16.2 Å². The second kappa shape index (κ2) is 7.87. The molecule has 10 nitrogen and oxygen atoms in total. The van der Waals surface area contributed by atoms with E-state index in [1.54, 1.807) is 0 Å². The van der Waals surface area contributed by atoms with Crippen LogP contribution in [0, 0.1) is 0 Å². The van der Waals surface area contributed by atoms with E-state index in [1.807, 2.05) is 0 Å². The van der Waals surface area contributed by atoms with Crippen molar-refractivity contribution in [3.63, 3.8) is 0 Å². The molecule has 4 atom stereocenters. The number of thiol groups is 1. The van der Waals surface area contributed by atoms with Gasteiger partial charge in [-0.15, -0.1) is 0 Å². The number of hydroxylamine groups is 3. The van der Waals surface area contributed by atoms with Gasteiger partial charge in [0, 0.05) is 51.2 Å². The third-order valence-corrected chi connectivity index (χ3v) is 5.88. The first-order valence-corrected chi connectivity index (χ1v) is 9.60. The minimum Gasteiger partial charge on any atom is -0.310 e. The fourth-order valence-corrected chi connectivity index (χ4v) is 4.52. The van der Waals surface area contributed by atoms with Crippen molar-refractivity contribution in [2.75, 3.05) is 32.8 Å². The maximum Gasteiger partial charge on any atom is 0.345 e. The molecule has 0 spiro atoms. The van der Waals surface area contributed by atoms with Gasteiger partial charge in [-0.1, -0.05) is 0 Å². The van der Waals surface area contributed by atoms with Gasteiger partial charge < -0.3 is 10.2 Å². The molecule has 0 aromatic carbocycles. The number of amides is 3. The highest BCUT2D eigenvalue weighted by molar-refractivity contribution is 7.75. The molecule has 0 aromatic rings. The minimum atomic E-state index is -0.523. The topological polar surface area (TPSA) is 98.4 Å². The van der Waals surface area contributed by atoms with Gasteiger partial charge in [-0.05, 0) is 25.7 Å². The van der Waals surface area contributed by atoms with Gasteiger partial charge >= 0.3 is 6.03 Å². The molecule has 2 bridgehead atoms. The van der Waals surface area contributed by atoms with Crippen LogP contribution in [-0.4, -0.2) is 83.9 Å². The summed E-state index contributed by atoms with van der Waals surface area (Å²) in [5, 5.41) is 6.95. The van der Waals surface area contributed by atoms with Crippen molar-refractivity contribution < 1.29 is 18.7 Å². The van der Waals surface area contributed by atoms with Gasteiger partial charge in [0.1, 0.15) is 6.04 Å². The summed E-state index contributed by atoms with van der Waals surface area (Å²) < 4.78 is 4.82. The Kier molecular flexibility index (Phi) is 5.53. The van der Waals surface area contributed by atoms with Crippen LogP contribution >= 0.6 is 12.9 Å². The lowest BCUT2D eigenvalue weighted by Gasteiger charge is -2.29. The smallest absolute Gasteiger partial charge is 0.310 e. The lowest BCUT2D eigenvalue weighted by atomic mass is 10.0. The first kappa shape index (κ1) is 18.3. The van der Waals surface area contributed by atoms with Crippen LogP contribution in [0.3, 0.4) is 0 Å². The predicted molar refractivity (Wildman–Crippen MR) is 94.4 cm³/mol. The van der Waals surface area contributed by atoms with Crippen molar-refractivity contribution in [2.24, 2.45) is 0 Å². The number of nitrogens with zero attached hydrogens (tertiary/aromatic N) is 3. The number of hydrazine groups is 1. The summed E-state index contributed by atoms with van der Waals surface area (Å²) in [6.07, 6.45) is 3.45. The number of hydrogen-bond acceptors (Lipinski definition) is 8. The minimum absolute atomic E-state index is 0.0382. The van der Waals surface area contributed by atoms with E-state index in [2.05, 4.69) is 34.1 Å². The Morgan fingerprint density at radius 1 is 1.35 bits per heavy atom. The summed E-state index contributed by atoms with van der Waals surface area (Å²) in [6.45, 7) is 3.93. The number of fused-ring (bicyclic) bond motifs is 2. The van der Waals surface area contributed by atoms with E-state index in [-0.39, 0.29) is 24.0 Å². The Labute approximate surface area is 158 Å². The maximum atomic E-state index is 12.4. The average Bonchev–Trinajstić information content (AvgIpc) is 3.37. The van der Waals surface area contributed by atoms with Crippen LogP contribution in [0.1, 0.15) is 25.7 Å². The quantitative estimate of drug-likeness (QED) is 0.265. The molecule has 4 saturated heterocycles. The zero-order chi connectivity index (χ0) is 18.1. The highest BCUT2D eigenvalue weighted by Crippen LogP contribution is 2.30. The molecule has 4 fully saturated rings. The van der Waals surface area contributed by atoms with Gasteiger partial charge in [0.05, 0.1) is 12.6 Å². The Morgan fingerprint density at radius 2 is 2.23 bits per heavy atom. The zero-order valence-electron chi connectivity index (χ0n) is 14.6. The first-order chi connectivity index (χ1) is 12.7. The van der Waals surface area contributed by atoms with Gasteiger partial charge in [-0.25, -0.2) is 19.6 Å². The Bertz CT molecular complexity index is 548. The monoisotopic (exact) mass is 386 g/mol. The summed E-state index contributed by atoms with van der Waals surface area (Å²) in [7, 11) is 0. The van der Waals surface area contributed by atoms with E-state index in [9.17, 15) is 9.59 Å². The van der Waals surface area contributed by atoms with Gasteiger partial charge in [-0.2, -0.15) is 5.06 Å². The van der Waals surface area contributed by atoms with Crippen LogP contribution in [0.5, 0.6) is 0 Å². The third kappa shape index (κ3) is 3.51. The summed E-state index contributed by atoms with van der Waals surface area (Å²) in [6, 6.07) is -0.207. The number of nitrogens with one attached hydrogen (secondary N) is 3. The number of carbonyl (C=O) groups is 2. The summed E-state index contributed by atoms with van der Waals surface area (Å²) in [5.74, 6) is -0.284.